The van der Waals surface area contributed by atoms with Crippen molar-refractivity contribution < 1.29 is 14.3 Å². The van der Waals surface area contributed by atoms with Crippen LogP contribution in [0.2, 0.25) is 0 Å². The summed E-state index contributed by atoms with van der Waals surface area (Å²) in [7, 11) is 0. The molecule has 1 aliphatic carbocycles. The highest BCUT2D eigenvalue weighted by Gasteiger charge is 2.36. The van der Waals surface area contributed by atoms with Crippen molar-refractivity contribution in [2.24, 2.45) is 5.92 Å². The summed E-state index contributed by atoms with van der Waals surface area (Å²) in [5.41, 5.74) is 0.0680. The molecule has 4 heteroatoms. The van der Waals surface area contributed by atoms with Crippen molar-refractivity contribution in [2.75, 3.05) is 6.61 Å². The van der Waals surface area contributed by atoms with Crippen molar-refractivity contribution >= 4 is 5.91 Å². The van der Waals surface area contributed by atoms with Gasteiger partial charge in [0, 0.05) is 0 Å². The molecular weight excluding hydrogens is 230 g/mol. The average Bonchev–Trinajstić information content (AvgIpc) is 2.76. The second-order valence-electron chi connectivity index (χ2n) is 5.54. The summed E-state index contributed by atoms with van der Waals surface area (Å²) in [6.45, 7) is 3.97. The number of rotatable bonds is 3. The van der Waals surface area contributed by atoms with E-state index in [2.05, 4.69) is 12.2 Å². The molecule has 1 heterocycles. The molecule has 2 atom stereocenters. The topological polar surface area (TPSA) is 62.5 Å². The predicted octanol–water partition coefficient (Wildman–Crippen LogP) is 2.26. The normalized spacial score (nSPS) is 28.1. The van der Waals surface area contributed by atoms with Gasteiger partial charge < -0.3 is 14.8 Å². The van der Waals surface area contributed by atoms with Crippen LogP contribution in [0.3, 0.4) is 0 Å². The van der Waals surface area contributed by atoms with E-state index in [-0.39, 0.29) is 12.5 Å². The minimum atomic E-state index is -0.458. The van der Waals surface area contributed by atoms with Crippen molar-refractivity contribution in [1.82, 2.24) is 5.32 Å². The second-order valence-corrected chi connectivity index (χ2v) is 5.54. The first-order valence-corrected chi connectivity index (χ1v) is 6.53. The molecule has 1 amide bonds. The van der Waals surface area contributed by atoms with Gasteiger partial charge in [0.15, 0.2) is 0 Å². The summed E-state index contributed by atoms with van der Waals surface area (Å²) >= 11 is 0. The fraction of sp³-hybridized carbons (Fsp3) is 0.643. The lowest BCUT2D eigenvalue weighted by molar-refractivity contribution is 0.0696. The summed E-state index contributed by atoms with van der Waals surface area (Å²) in [5, 5.41) is 12.6. The zero-order valence-electron chi connectivity index (χ0n) is 11.0. The standard InChI is InChI=1S/C14H21NO3/c1-10-4-3-5-14(7-10,9-16)15-13(17)12-6-11(2)18-8-12/h6,8,10,16H,3-5,7,9H2,1-2H3,(H,15,17). The Morgan fingerprint density at radius 3 is 3.00 bits per heavy atom. The Bertz CT molecular complexity index is 426. The van der Waals surface area contributed by atoms with Gasteiger partial charge in [0.05, 0.1) is 17.7 Å². The molecule has 0 saturated heterocycles. The molecule has 2 rings (SSSR count). The maximum absolute atomic E-state index is 12.1. The Morgan fingerprint density at radius 1 is 1.67 bits per heavy atom. The van der Waals surface area contributed by atoms with Gasteiger partial charge >= 0.3 is 0 Å². The monoisotopic (exact) mass is 251 g/mol. The van der Waals surface area contributed by atoms with E-state index in [1.165, 1.54) is 12.7 Å². The smallest absolute Gasteiger partial charge is 0.255 e. The second kappa shape index (κ2) is 5.14. The van der Waals surface area contributed by atoms with Gasteiger partial charge in [0.25, 0.3) is 5.91 Å². The summed E-state index contributed by atoms with van der Waals surface area (Å²) in [4.78, 5) is 12.1. The number of carbonyl (C=O) groups excluding carboxylic acids is 1. The van der Waals surface area contributed by atoms with Gasteiger partial charge in [0.2, 0.25) is 0 Å². The first kappa shape index (κ1) is 13.1. The van der Waals surface area contributed by atoms with E-state index in [0.717, 1.165) is 25.0 Å². The predicted molar refractivity (Wildman–Crippen MR) is 68.4 cm³/mol. The molecule has 0 spiro atoms. The van der Waals surface area contributed by atoms with Crippen LogP contribution < -0.4 is 5.32 Å². The maximum atomic E-state index is 12.1. The van der Waals surface area contributed by atoms with Crippen molar-refractivity contribution in [3.05, 3.63) is 23.7 Å². The fourth-order valence-electron chi connectivity index (χ4n) is 2.83. The molecule has 100 valence electrons. The van der Waals surface area contributed by atoms with Crippen molar-refractivity contribution in [3.8, 4) is 0 Å². The van der Waals surface area contributed by atoms with E-state index in [1.807, 2.05) is 0 Å². The van der Waals surface area contributed by atoms with Gasteiger partial charge in [0.1, 0.15) is 12.0 Å². The van der Waals surface area contributed by atoms with E-state index in [9.17, 15) is 9.90 Å². The fourth-order valence-corrected chi connectivity index (χ4v) is 2.83. The third-order valence-electron chi connectivity index (χ3n) is 3.77. The van der Waals surface area contributed by atoms with E-state index < -0.39 is 5.54 Å². The lowest BCUT2D eigenvalue weighted by Gasteiger charge is -2.39. The zero-order valence-corrected chi connectivity index (χ0v) is 11.0. The van der Waals surface area contributed by atoms with Crippen molar-refractivity contribution in [3.63, 3.8) is 0 Å². The molecule has 2 N–H and O–H groups in total. The van der Waals surface area contributed by atoms with E-state index in [1.54, 1.807) is 13.0 Å². The van der Waals surface area contributed by atoms with Crippen LogP contribution in [0.15, 0.2) is 16.7 Å². The van der Waals surface area contributed by atoms with Gasteiger partial charge in [-0.2, -0.15) is 0 Å². The van der Waals surface area contributed by atoms with E-state index in [4.69, 9.17) is 4.42 Å². The minimum Gasteiger partial charge on any atom is -0.469 e. The van der Waals surface area contributed by atoms with E-state index in [0.29, 0.717) is 11.5 Å². The van der Waals surface area contributed by atoms with Crippen LogP contribution in [-0.2, 0) is 0 Å². The quantitative estimate of drug-likeness (QED) is 0.866. The summed E-state index contributed by atoms with van der Waals surface area (Å²) in [6, 6.07) is 1.71. The number of aliphatic hydroxyl groups is 1. The van der Waals surface area contributed by atoms with Crippen LogP contribution in [0.25, 0.3) is 0 Å². The Balaban J connectivity index is 2.08. The number of furan rings is 1. The van der Waals surface area contributed by atoms with Gasteiger partial charge in [-0.3, -0.25) is 4.79 Å². The van der Waals surface area contributed by atoms with Crippen LogP contribution in [0.4, 0.5) is 0 Å². The Kier molecular flexibility index (Phi) is 3.76. The Hall–Kier alpha value is -1.29. The molecule has 18 heavy (non-hydrogen) atoms. The number of nitrogens with one attached hydrogen (secondary N) is 1. The van der Waals surface area contributed by atoms with Crippen LogP contribution in [0.1, 0.15) is 48.7 Å². The number of hydrogen-bond donors (Lipinski definition) is 2. The van der Waals surface area contributed by atoms with Crippen LogP contribution in [0, 0.1) is 12.8 Å². The zero-order chi connectivity index (χ0) is 13.2. The molecule has 1 fully saturated rings. The van der Waals surface area contributed by atoms with Crippen LogP contribution in [0.5, 0.6) is 0 Å². The molecule has 0 aliphatic heterocycles. The molecule has 1 saturated carbocycles. The lowest BCUT2D eigenvalue weighted by atomic mass is 9.76. The van der Waals surface area contributed by atoms with Gasteiger partial charge in [-0.05, 0) is 31.7 Å². The highest BCUT2D eigenvalue weighted by atomic mass is 16.3. The minimum absolute atomic E-state index is 0.0000857. The molecule has 4 nitrogen and oxygen atoms in total. The molecule has 0 bridgehead atoms. The number of amides is 1. The van der Waals surface area contributed by atoms with Gasteiger partial charge in [-0.15, -0.1) is 0 Å². The Labute approximate surface area is 107 Å². The highest BCUT2D eigenvalue weighted by Crippen LogP contribution is 2.32. The van der Waals surface area contributed by atoms with Crippen LogP contribution >= 0.6 is 0 Å². The van der Waals surface area contributed by atoms with Gasteiger partial charge in [-0.1, -0.05) is 19.8 Å². The lowest BCUT2D eigenvalue weighted by Crippen LogP contribution is -2.53. The molecule has 1 aromatic heterocycles. The highest BCUT2D eigenvalue weighted by molar-refractivity contribution is 5.94. The maximum Gasteiger partial charge on any atom is 0.255 e. The van der Waals surface area contributed by atoms with Gasteiger partial charge in [-0.25, -0.2) is 0 Å². The number of aliphatic hydroxyl groups excluding tert-OH is 1. The third-order valence-corrected chi connectivity index (χ3v) is 3.77. The summed E-state index contributed by atoms with van der Waals surface area (Å²) in [6.07, 6.45) is 5.36. The molecule has 0 aromatic carbocycles. The largest absolute Gasteiger partial charge is 0.469 e. The summed E-state index contributed by atoms with van der Waals surface area (Å²) < 4.78 is 5.14. The van der Waals surface area contributed by atoms with Crippen LogP contribution in [-0.4, -0.2) is 23.2 Å². The molecule has 1 aromatic rings. The number of aryl methyl sites for hydroxylation is 1. The molecule has 0 radical (unpaired) electrons. The first-order valence-electron chi connectivity index (χ1n) is 6.53. The molecule has 2 unspecified atom stereocenters. The average molecular weight is 251 g/mol. The SMILES string of the molecule is Cc1cc(C(=O)NC2(CO)CCCC(C)C2)co1. The third kappa shape index (κ3) is 2.75. The molecular formula is C14H21NO3. The van der Waals surface area contributed by atoms with Crippen molar-refractivity contribution in [1.29, 1.82) is 0 Å². The van der Waals surface area contributed by atoms with E-state index >= 15 is 0 Å². The first-order chi connectivity index (χ1) is 8.54. The summed E-state index contributed by atoms with van der Waals surface area (Å²) in [5.74, 6) is 1.10. The number of carbonyl (C=O) groups is 1. The Morgan fingerprint density at radius 2 is 2.44 bits per heavy atom. The van der Waals surface area contributed by atoms with Crippen molar-refractivity contribution in [2.45, 2.75) is 45.1 Å². The molecule has 1 aliphatic rings. The number of hydrogen-bond acceptors (Lipinski definition) is 3.